The van der Waals surface area contributed by atoms with E-state index in [-0.39, 0.29) is 0 Å². The molecule has 50 valence electrons. The van der Waals surface area contributed by atoms with Crippen molar-refractivity contribution in [3.8, 4) is 6.07 Å². The van der Waals surface area contributed by atoms with E-state index in [4.69, 9.17) is 5.26 Å². The molecular formula is C9H9N. The molecule has 1 nitrogen and oxygen atoms in total. The molecule has 1 heteroatoms. The summed E-state index contributed by atoms with van der Waals surface area (Å²) in [6.07, 6.45) is 0.516. The SMILES string of the molecule is Cc1cccc(CC#N)c1. The highest BCUT2D eigenvalue weighted by molar-refractivity contribution is 5.24. The maximum absolute atomic E-state index is 8.36. The van der Waals surface area contributed by atoms with Crippen molar-refractivity contribution in [3.63, 3.8) is 0 Å². The highest BCUT2D eigenvalue weighted by Crippen LogP contribution is 2.03. The Bertz CT molecular complexity index is 258. The summed E-state index contributed by atoms with van der Waals surface area (Å²) >= 11 is 0. The Morgan fingerprint density at radius 2 is 2.30 bits per heavy atom. The highest BCUT2D eigenvalue weighted by atomic mass is 14.2. The maximum atomic E-state index is 8.36. The van der Waals surface area contributed by atoms with E-state index in [2.05, 4.69) is 6.07 Å². The minimum Gasteiger partial charge on any atom is -0.198 e. The standard InChI is InChI=1S/C9H9N/c1-8-3-2-4-9(7-8)5-6-10/h2-4,7H,5H2,1H3. The fraction of sp³-hybridized carbons (Fsp3) is 0.222. The number of nitrogens with zero attached hydrogens (tertiary/aromatic N) is 1. The largest absolute Gasteiger partial charge is 0.198 e. The van der Waals surface area contributed by atoms with Gasteiger partial charge in [-0.1, -0.05) is 29.8 Å². The van der Waals surface area contributed by atoms with Gasteiger partial charge in [0.2, 0.25) is 0 Å². The molecule has 0 spiro atoms. The Kier molecular flexibility index (Phi) is 2.07. The number of hydrogen-bond donors (Lipinski definition) is 0. The van der Waals surface area contributed by atoms with Crippen molar-refractivity contribution >= 4 is 0 Å². The van der Waals surface area contributed by atoms with Crippen LogP contribution in [0.15, 0.2) is 24.3 Å². The molecule has 1 rings (SSSR count). The third-order valence-corrected chi connectivity index (χ3v) is 1.37. The summed E-state index contributed by atoms with van der Waals surface area (Å²) in [6, 6.07) is 10.1. The summed E-state index contributed by atoms with van der Waals surface area (Å²) in [5, 5.41) is 8.36. The van der Waals surface area contributed by atoms with Crippen molar-refractivity contribution in [1.29, 1.82) is 5.26 Å². The Balaban J connectivity index is 2.87. The zero-order valence-electron chi connectivity index (χ0n) is 5.96. The van der Waals surface area contributed by atoms with Gasteiger partial charge >= 0.3 is 0 Å². The monoisotopic (exact) mass is 131 g/mol. The third-order valence-electron chi connectivity index (χ3n) is 1.37. The molecule has 0 fully saturated rings. The summed E-state index contributed by atoms with van der Waals surface area (Å²) in [4.78, 5) is 0. The number of benzene rings is 1. The quantitative estimate of drug-likeness (QED) is 0.572. The van der Waals surface area contributed by atoms with Gasteiger partial charge in [-0.3, -0.25) is 0 Å². The molecule has 0 bridgehead atoms. The number of nitriles is 1. The van der Waals surface area contributed by atoms with Gasteiger partial charge in [-0.05, 0) is 12.5 Å². The van der Waals surface area contributed by atoms with Gasteiger partial charge < -0.3 is 0 Å². The van der Waals surface area contributed by atoms with Gasteiger partial charge in [-0.15, -0.1) is 0 Å². The summed E-state index contributed by atoms with van der Waals surface area (Å²) in [6.45, 7) is 2.03. The van der Waals surface area contributed by atoms with Crippen molar-refractivity contribution in [2.45, 2.75) is 13.3 Å². The van der Waals surface area contributed by atoms with Crippen LogP contribution in [0.3, 0.4) is 0 Å². The van der Waals surface area contributed by atoms with E-state index in [9.17, 15) is 0 Å². The summed E-state index contributed by atoms with van der Waals surface area (Å²) in [5.41, 5.74) is 2.32. The molecule has 0 amide bonds. The Labute approximate surface area is 60.9 Å². The van der Waals surface area contributed by atoms with Crippen LogP contribution in [0, 0.1) is 18.3 Å². The second kappa shape index (κ2) is 3.03. The third kappa shape index (κ3) is 1.60. The zero-order valence-corrected chi connectivity index (χ0v) is 5.96. The molecule has 1 aromatic carbocycles. The van der Waals surface area contributed by atoms with E-state index in [0.29, 0.717) is 6.42 Å². The van der Waals surface area contributed by atoms with Crippen molar-refractivity contribution in [2.24, 2.45) is 0 Å². The lowest BCUT2D eigenvalue weighted by molar-refractivity contribution is 1.24. The van der Waals surface area contributed by atoms with Crippen LogP contribution >= 0.6 is 0 Å². The van der Waals surface area contributed by atoms with Gasteiger partial charge in [0.05, 0.1) is 12.5 Å². The molecule has 0 N–H and O–H groups in total. The van der Waals surface area contributed by atoms with E-state index in [1.165, 1.54) is 5.56 Å². The van der Waals surface area contributed by atoms with Crippen LogP contribution in [0.5, 0.6) is 0 Å². The van der Waals surface area contributed by atoms with Crippen LogP contribution in [0.1, 0.15) is 11.1 Å². The summed E-state index contributed by atoms with van der Waals surface area (Å²) in [5.74, 6) is 0. The molecule has 1 aromatic rings. The Hall–Kier alpha value is -1.29. The topological polar surface area (TPSA) is 23.8 Å². The lowest BCUT2D eigenvalue weighted by Gasteiger charge is -1.94. The van der Waals surface area contributed by atoms with Crippen LogP contribution in [0.4, 0.5) is 0 Å². The average Bonchev–Trinajstić information content (AvgIpc) is 1.88. The number of hydrogen-bond acceptors (Lipinski definition) is 1. The average molecular weight is 131 g/mol. The van der Waals surface area contributed by atoms with Gasteiger partial charge in [0, 0.05) is 0 Å². The van der Waals surface area contributed by atoms with Crippen molar-refractivity contribution in [3.05, 3.63) is 35.4 Å². The second-order valence-electron chi connectivity index (χ2n) is 2.32. The molecule has 0 unspecified atom stereocenters. The second-order valence-corrected chi connectivity index (χ2v) is 2.32. The smallest absolute Gasteiger partial charge is 0.0669 e. The Morgan fingerprint density at radius 1 is 1.50 bits per heavy atom. The van der Waals surface area contributed by atoms with Gasteiger partial charge in [0.25, 0.3) is 0 Å². The lowest BCUT2D eigenvalue weighted by Crippen LogP contribution is -1.80. The Morgan fingerprint density at radius 3 is 2.90 bits per heavy atom. The predicted molar refractivity (Wildman–Crippen MR) is 40.5 cm³/mol. The van der Waals surface area contributed by atoms with E-state index in [1.54, 1.807) is 0 Å². The molecule has 0 saturated carbocycles. The first-order valence-corrected chi connectivity index (χ1v) is 3.25. The van der Waals surface area contributed by atoms with Gasteiger partial charge in [-0.25, -0.2) is 0 Å². The molecule has 0 aliphatic rings. The predicted octanol–water partition coefficient (Wildman–Crippen LogP) is 2.06. The van der Waals surface area contributed by atoms with Crippen molar-refractivity contribution < 1.29 is 0 Å². The van der Waals surface area contributed by atoms with Gasteiger partial charge in [0.1, 0.15) is 0 Å². The lowest BCUT2D eigenvalue weighted by atomic mass is 10.1. The molecule has 0 aliphatic carbocycles. The minimum atomic E-state index is 0.516. The normalized spacial score (nSPS) is 8.80. The molecule has 0 atom stereocenters. The zero-order chi connectivity index (χ0) is 7.40. The van der Waals surface area contributed by atoms with Crippen LogP contribution in [0.25, 0.3) is 0 Å². The van der Waals surface area contributed by atoms with E-state index >= 15 is 0 Å². The first-order valence-electron chi connectivity index (χ1n) is 3.25. The molecule has 0 aliphatic heterocycles. The first-order chi connectivity index (χ1) is 4.83. The van der Waals surface area contributed by atoms with E-state index in [0.717, 1.165) is 5.56 Å². The number of aryl methyl sites for hydroxylation is 1. The molecule has 0 radical (unpaired) electrons. The summed E-state index contributed by atoms with van der Waals surface area (Å²) in [7, 11) is 0. The van der Waals surface area contributed by atoms with Crippen LogP contribution in [-0.4, -0.2) is 0 Å². The highest BCUT2D eigenvalue weighted by Gasteiger charge is 1.89. The molecule has 0 heterocycles. The fourth-order valence-corrected chi connectivity index (χ4v) is 0.913. The maximum Gasteiger partial charge on any atom is 0.0669 e. The van der Waals surface area contributed by atoms with E-state index < -0.39 is 0 Å². The summed E-state index contributed by atoms with van der Waals surface area (Å²) < 4.78 is 0. The molecule has 0 saturated heterocycles. The first kappa shape index (κ1) is 6.82. The van der Waals surface area contributed by atoms with Gasteiger partial charge in [0.15, 0.2) is 0 Å². The van der Waals surface area contributed by atoms with Crippen molar-refractivity contribution in [2.75, 3.05) is 0 Å². The van der Waals surface area contributed by atoms with Gasteiger partial charge in [-0.2, -0.15) is 5.26 Å². The molecule has 0 aromatic heterocycles. The fourth-order valence-electron chi connectivity index (χ4n) is 0.913. The number of rotatable bonds is 1. The van der Waals surface area contributed by atoms with Crippen LogP contribution in [-0.2, 0) is 6.42 Å². The van der Waals surface area contributed by atoms with Crippen molar-refractivity contribution in [1.82, 2.24) is 0 Å². The molecular weight excluding hydrogens is 122 g/mol. The minimum absolute atomic E-state index is 0.516. The van der Waals surface area contributed by atoms with Crippen LogP contribution in [0.2, 0.25) is 0 Å². The van der Waals surface area contributed by atoms with Crippen LogP contribution < -0.4 is 0 Å². The van der Waals surface area contributed by atoms with E-state index in [1.807, 2.05) is 31.2 Å². The molecule has 10 heavy (non-hydrogen) atoms.